The smallest absolute Gasteiger partial charge is 0.282 e. The maximum Gasteiger partial charge on any atom is 0.282 e. The number of nitrogens with zero attached hydrogens (tertiary/aromatic N) is 4. The van der Waals surface area contributed by atoms with Crippen molar-refractivity contribution in [1.29, 1.82) is 0 Å². The van der Waals surface area contributed by atoms with Gasteiger partial charge in [0.25, 0.3) is 5.56 Å². The molecule has 0 saturated carbocycles. The summed E-state index contributed by atoms with van der Waals surface area (Å²) >= 11 is 3.35. The number of aromatic nitrogens is 3. The summed E-state index contributed by atoms with van der Waals surface area (Å²) in [6, 6.07) is 6.31. The number of nitrogens with one attached hydrogen (secondary N) is 1. The van der Waals surface area contributed by atoms with Gasteiger partial charge in [0.1, 0.15) is 10.3 Å². The number of rotatable bonds is 3. The van der Waals surface area contributed by atoms with E-state index in [9.17, 15) is 4.79 Å². The van der Waals surface area contributed by atoms with Crippen LogP contribution in [-0.4, -0.2) is 33.9 Å². The van der Waals surface area contributed by atoms with Gasteiger partial charge < -0.3 is 10.2 Å². The van der Waals surface area contributed by atoms with Crippen LogP contribution >= 0.6 is 15.9 Å². The number of hydrogen-bond donors (Lipinski definition) is 1. The van der Waals surface area contributed by atoms with E-state index in [1.54, 1.807) is 13.2 Å². The normalized spacial score (nSPS) is 15.8. The molecule has 1 aliphatic heterocycles. The largest absolute Gasteiger partial charge is 0.380 e. The van der Waals surface area contributed by atoms with Crippen molar-refractivity contribution in [2.45, 2.75) is 18.9 Å². The Hall–Kier alpha value is -1.89. The van der Waals surface area contributed by atoms with Gasteiger partial charge in [0.15, 0.2) is 0 Å². The van der Waals surface area contributed by atoms with E-state index in [1.807, 2.05) is 24.4 Å². The number of aryl methyl sites for hydroxylation is 1. The second-order valence-electron chi connectivity index (χ2n) is 5.39. The summed E-state index contributed by atoms with van der Waals surface area (Å²) in [5, 5.41) is 7.48. The molecule has 2 aromatic heterocycles. The SMILES string of the molecule is Cn1ncc(NC2CCN(c3ccccn3)CC2)c(Br)c1=O. The standard InChI is InChI=1S/C15H18BrN5O/c1-20-15(22)14(16)12(10-18-20)19-11-5-8-21(9-6-11)13-4-2-3-7-17-13/h2-4,7,10-11,19H,5-6,8-9H2,1H3. The average molecular weight is 364 g/mol. The molecule has 0 aromatic carbocycles. The molecule has 1 aliphatic rings. The quantitative estimate of drug-likeness (QED) is 0.903. The zero-order valence-electron chi connectivity index (χ0n) is 12.4. The van der Waals surface area contributed by atoms with E-state index in [0.29, 0.717) is 10.5 Å². The van der Waals surface area contributed by atoms with Crippen molar-refractivity contribution in [2.75, 3.05) is 23.3 Å². The van der Waals surface area contributed by atoms with E-state index in [0.717, 1.165) is 37.4 Å². The molecule has 3 rings (SSSR count). The lowest BCUT2D eigenvalue weighted by Crippen LogP contribution is -2.39. The first-order valence-corrected chi connectivity index (χ1v) is 8.09. The summed E-state index contributed by atoms with van der Waals surface area (Å²) in [5.74, 6) is 1.03. The summed E-state index contributed by atoms with van der Waals surface area (Å²) in [6.07, 6.45) is 5.51. The van der Waals surface area contributed by atoms with Crippen molar-refractivity contribution in [3.63, 3.8) is 0 Å². The van der Waals surface area contributed by atoms with Crippen LogP contribution in [0, 0.1) is 0 Å². The first-order valence-electron chi connectivity index (χ1n) is 7.29. The van der Waals surface area contributed by atoms with Crippen molar-refractivity contribution in [1.82, 2.24) is 14.8 Å². The fourth-order valence-corrected chi connectivity index (χ4v) is 3.10. The number of piperidine rings is 1. The molecule has 0 spiro atoms. The molecule has 7 heteroatoms. The fraction of sp³-hybridized carbons (Fsp3) is 0.400. The minimum atomic E-state index is -0.129. The number of halogens is 1. The van der Waals surface area contributed by atoms with Crippen LogP contribution < -0.4 is 15.8 Å². The number of hydrogen-bond acceptors (Lipinski definition) is 5. The molecule has 1 N–H and O–H groups in total. The molecular weight excluding hydrogens is 346 g/mol. The van der Waals surface area contributed by atoms with Gasteiger partial charge in [-0.05, 0) is 40.9 Å². The Kier molecular flexibility index (Phi) is 4.42. The lowest BCUT2D eigenvalue weighted by molar-refractivity contribution is 0.522. The van der Waals surface area contributed by atoms with Crippen molar-refractivity contribution < 1.29 is 0 Å². The Labute approximate surface area is 137 Å². The zero-order chi connectivity index (χ0) is 15.5. The molecule has 22 heavy (non-hydrogen) atoms. The predicted molar refractivity (Wildman–Crippen MR) is 90.3 cm³/mol. The Morgan fingerprint density at radius 2 is 2.09 bits per heavy atom. The van der Waals surface area contributed by atoms with Gasteiger partial charge in [0.2, 0.25) is 0 Å². The monoisotopic (exact) mass is 363 g/mol. The molecule has 3 heterocycles. The maximum atomic E-state index is 11.9. The van der Waals surface area contributed by atoms with Crippen LogP contribution in [0.25, 0.3) is 0 Å². The van der Waals surface area contributed by atoms with E-state index in [4.69, 9.17) is 0 Å². The second kappa shape index (κ2) is 6.48. The molecule has 0 aliphatic carbocycles. The minimum Gasteiger partial charge on any atom is -0.380 e. The van der Waals surface area contributed by atoms with E-state index in [1.165, 1.54) is 4.68 Å². The molecule has 2 aromatic rings. The zero-order valence-corrected chi connectivity index (χ0v) is 14.0. The molecule has 0 radical (unpaired) electrons. The molecule has 0 unspecified atom stereocenters. The van der Waals surface area contributed by atoms with E-state index < -0.39 is 0 Å². The minimum absolute atomic E-state index is 0.129. The van der Waals surface area contributed by atoms with Gasteiger partial charge in [0, 0.05) is 32.4 Å². The third kappa shape index (κ3) is 3.14. The predicted octanol–water partition coefficient (Wildman–Crippen LogP) is 2.02. The molecular formula is C15H18BrN5O. The number of anilines is 2. The van der Waals surface area contributed by atoms with Crippen LogP contribution in [0.5, 0.6) is 0 Å². The third-order valence-corrected chi connectivity index (χ3v) is 4.67. The summed E-state index contributed by atoms with van der Waals surface area (Å²) < 4.78 is 1.86. The summed E-state index contributed by atoms with van der Waals surface area (Å²) in [7, 11) is 1.64. The molecule has 6 nitrogen and oxygen atoms in total. The molecule has 1 saturated heterocycles. The molecule has 0 amide bonds. The number of pyridine rings is 1. The highest BCUT2D eigenvalue weighted by atomic mass is 79.9. The Bertz CT molecular complexity index is 695. The Balaban J connectivity index is 1.63. The van der Waals surface area contributed by atoms with Crippen LogP contribution in [0.3, 0.4) is 0 Å². The van der Waals surface area contributed by atoms with E-state index >= 15 is 0 Å². The first-order chi connectivity index (χ1) is 10.6. The van der Waals surface area contributed by atoms with Gasteiger partial charge >= 0.3 is 0 Å². The molecule has 0 atom stereocenters. The van der Waals surface area contributed by atoms with Gasteiger partial charge in [-0.1, -0.05) is 6.07 Å². The lowest BCUT2D eigenvalue weighted by Gasteiger charge is -2.33. The second-order valence-corrected chi connectivity index (χ2v) is 6.19. The van der Waals surface area contributed by atoms with Crippen molar-refractivity contribution in [3.05, 3.63) is 45.4 Å². The fourth-order valence-electron chi connectivity index (χ4n) is 2.62. The van der Waals surface area contributed by atoms with Crippen LogP contribution in [0.2, 0.25) is 0 Å². The lowest BCUT2D eigenvalue weighted by atomic mass is 10.0. The van der Waals surface area contributed by atoms with Gasteiger partial charge in [-0.3, -0.25) is 4.79 Å². The Morgan fingerprint density at radius 1 is 1.32 bits per heavy atom. The van der Waals surface area contributed by atoms with Crippen molar-refractivity contribution in [3.8, 4) is 0 Å². The van der Waals surface area contributed by atoms with Gasteiger partial charge in [0.05, 0.1) is 11.9 Å². The average Bonchev–Trinajstić information content (AvgIpc) is 2.57. The van der Waals surface area contributed by atoms with Crippen LogP contribution in [0.1, 0.15) is 12.8 Å². The summed E-state index contributed by atoms with van der Waals surface area (Å²) in [6.45, 7) is 1.90. The maximum absolute atomic E-state index is 11.9. The topological polar surface area (TPSA) is 63.1 Å². The van der Waals surface area contributed by atoms with Crippen LogP contribution in [0.4, 0.5) is 11.5 Å². The van der Waals surface area contributed by atoms with Gasteiger partial charge in [-0.15, -0.1) is 0 Å². The van der Waals surface area contributed by atoms with Crippen molar-refractivity contribution >= 4 is 27.4 Å². The summed E-state index contributed by atoms with van der Waals surface area (Å²) in [5.41, 5.74) is 0.635. The molecule has 0 bridgehead atoms. The van der Waals surface area contributed by atoms with Crippen LogP contribution in [0.15, 0.2) is 39.9 Å². The highest BCUT2D eigenvalue weighted by Gasteiger charge is 2.21. The van der Waals surface area contributed by atoms with Gasteiger partial charge in [-0.2, -0.15) is 5.10 Å². The third-order valence-electron chi connectivity index (χ3n) is 3.91. The van der Waals surface area contributed by atoms with E-state index in [-0.39, 0.29) is 5.56 Å². The summed E-state index contributed by atoms with van der Waals surface area (Å²) in [4.78, 5) is 18.5. The Morgan fingerprint density at radius 3 is 2.77 bits per heavy atom. The van der Waals surface area contributed by atoms with E-state index in [2.05, 4.69) is 36.2 Å². The van der Waals surface area contributed by atoms with Crippen molar-refractivity contribution in [2.24, 2.45) is 7.05 Å². The highest BCUT2D eigenvalue weighted by Crippen LogP contribution is 2.22. The van der Waals surface area contributed by atoms with Gasteiger partial charge in [-0.25, -0.2) is 9.67 Å². The van der Waals surface area contributed by atoms with Crippen LogP contribution in [-0.2, 0) is 7.05 Å². The molecule has 1 fully saturated rings. The molecule has 116 valence electrons. The first kappa shape index (κ1) is 15.0. The highest BCUT2D eigenvalue weighted by molar-refractivity contribution is 9.10.